The van der Waals surface area contributed by atoms with Crippen molar-refractivity contribution in [2.24, 2.45) is 0 Å². The Kier molecular flexibility index (Phi) is 44.9. The molecule has 0 atom stereocenters. The van der Waals surface area contributed by atoms with Gasteiger partial charge in [-0.05, 0) is 525 Å². The van der Waals surface area contributed by atoms with E-state index in [2.05, 4.69) is 594 Å². The fourth-order valence-electron chi connectivity index (χ4n) is 16.2. The van der Waals surface area contributed by atoms with E-state index in [0.717, 1.165) is 24.3 Å². The van der Waals surface area contributed by atoms with Gasteiger partial charge in [0.05, 0.1) is 0 Å². The molecule has 0 radical (unpaired) electrons. The number of benzene rings is 16. The average Bonchev–Trinajstić information content (AvgIpc) is 0.749. The minimum atomic E-state index is 0.0342. The van der Waals surface area contributed by atoms with Crippen molar-refractivity contribution in [2.45, 2.75) is 275 Å². The van der Waals surface area contributed by atoms with Gasteiger partial charge < -0.3 is 0 Å². The third kappa shape index (κ3) is 33.5. The Labute approximate surface area is 882 Å². The molecule has 0 nitrogen and oxygen atoms in total. The normalized spacial score (nSPS) is 10.5. The number of rotatable bonds is 8. The molecule has 732 valence electrons. The fraction of sp³-hybridized carbons (Fsp3) is 0.294. The van der Waals surface area contributed by atoms with E-state index < -0.39 is 0 Å². The lowest BCUT2D eigenvalue weighted by Gasteiger charge is -2.29. The Morgan fingerprint density at radius 1 is 0.157 bits per heavy atom. The Hall–Kier alpha value is -10.6. The minimum absolute atomic E-state index is 0.0342. The lowest BCUT2D eigenvalue weighted by atomic mass is 9.75. The molecule has 16 aromatic rings. The standard InChI is InChI=1S/C21H28.C18H18Br4.C18H22.C16H18.C15H16.C14H14.2C9H12.2C8H10/c1-13-9-19(10-14(2)17(13)5)21(7,8)20-11-15(3)18(6)16(4)12-20;1-7-9(3)15(19)13(16(20)10(7)4)14-17(21)11(5)8(2)12(6)18(14)22;1-11-7-17(8-12(2)15(11)5)18-9-13(3)16(6)14(4)10-18;1-11-5-7-15(9-13(11)3)16-8-6-12(2)14(4)10-16;1-12-3-7-14(8-4-12)11-15-9-5-13(2)6-10-15;1-11-3-7-13(8-4-11)14-9-5-12(2)6-10-14;1-7-4-5-8(2)9(3)6-7;1-7-5-4-6-8(2)9(7)3;1-7-3-5-8(2)6-4-7;1-7-4-3-5-8(2)6-7/h9-12H,1-8H3;1-6H3;7-10H,1-6H3;5-10H,1-4H3;3-10H,11H2,1-2H3;3-10H,1-2H3;2*4-6H,1-3H3;2*3-6H,1-2H3. The summed E-state index contributed by atoms with van der Waals surface area (Å²) in [5, 5.41) is 0. The zero-order chi connectivity index (χ0) is 104. The first-order valence-electron chi connectivity index (χ1n) is 49.5. The smallest absolute Gasteiger partial charge is 0.0297 e. The summed E-state index contributed by atoms with van der Waals surface area (Å²) < 4.78 is 4.58. The Morgan fingerprint density at radius 2 is 0.364 bits per heavy atom. The van der Waals surface area contributed by atoms with Crippen LogP contribution >= 0.6 is 63.7 Å². The Bertz CT molecular complexity index is 6330. The maximum absolute atomic E-state index is 3.82. The maximum Gasteiger partial charge on any atom is 0.0297 e. The van der Waals surface area contributed by atoms with Crippen molar-refractivity contribution in [3.8, 4) is 44.5 Å². The predicted octanol–water partition coefficient (Wildman–Crippen LogP) is 41.6. The predicted molar refractivity (Wildman–Crippen MR) is 635 cm³/mol. The SMILES string of the molecule is Cc1c(C)c(Br)c(-c2c(Br)c(C)c(C)c(C)c2Br)c(Br)c1C.Cc1cc(-c2cc(C)c(C)c(C)c2)cc(C)c1C.Cc1cc(C(C)(C)c2cc(C)c(C)c(C)c2)cc(C)c1C.Cc1ccc(-c2ccc(C)c(C)c2)cc1C.Cc1ccc(-c2ccc(C)cc2)cc1.Cc1ccc(C)c(C)c1.Cc1ccc(C)cc1.Cc1ccc(Cc2ccc(C)cc2)cc1.Cc1cccc(C)c1.Cc1cccc(C)c1C. The van der Waals surface area contributed by atoms with Gasteiger partial charge in [-0.15, -0.1) is 0 Å². The van der Waals surface area contributed by atoms with Crippen molar-refractivity contribution >= 4 is 63.7 Å². The summed E-state index contributed by atoms with van der Waals surface area (Å²) >= 11 is 15.3. The van der Waals surface area contributed by atoms with Crippen LogP contribution in [0.4, 0.5) is 0 Å². The van der Waals surface area contributed by atoms with Gasteiger partial charge in [-0.25, -0.2) is 0 Å². The zero-order valence-electron chi connectivity index (χ0n) is 92.1. The number of aryl methyl sites for hydroxylation is 25. The molecule has 0 bridgehead atoms. The molecule has 16 aromatic carbocycles. The number of halogens is 4. The molecule has 0 N–H and O–H groups in total. The lowest BCUT2D eigenvalue weighted by Crippen LogP contribution is -2.20. The van der Waals surface area contributed by atoms with Crippen LogP contribution in [0.15, 0.2) is 285 Å². The zero-order valence-corrected chi connectivity index (χ0v) is 98.5. The van der Waals surface area contributed by atoms with E-state index in [-0.39, 0.29) is 5.41 Å². The molecule has 0 amide bonds. The van der Waals surface area contributed by atoms with Gasteiger partial charge in [-0.1, -0.05) is 331 Å². The van der Waals surface area contributed by atoms with Crippen molar-refractivity contribution in [1.29, 1.82) is 0 Å². The molecule has 0 saturated carbocycles. The van der Waals surface area contributed by atoms with Crippen LogP contribution in [0.2, 0.25) is 0 Å². The molecule has 4 heteroatoms. The van der Waals surface area contributed by atoms with Crippen LogP contribution in [-0.2, 0) is 11.8 Å². The molecule has 140 heavy (non-hydrogen) atoms. The largest absolute Gasteiger partial charge is 0.0617 e. The summed E-state index contributed by atoms with van der Waals surface area (Å²) in [5.41, 5.74) is 64.6. The van der Waals surface area contributed by atoms with E-state index in [4.69, 9.17) is 0 Å². The molecule has 0 aliphatic rings. The molecule has 0 saturated heterocycles. The summed E-state index contributed by atoms with van der Waals surface area (Å²) in [6, 6.07) is 96.5. The second kappa shape index (κ2) is 54.1. The number of hydrogen-bond donors (Lipinski definition) is 0. The highest BCUT2D eigenvalue weighted by Gasteiger charge is 2.27. The van der Waals surface area contributed by atoms with Crippen molar-refractivity contribution in [2.75, 3.05) is 0 Å². The first-order valence-corrected chi connectivity index (χ1v) is 52.6. The lowest BCUT2D eigenvalue weighted by molar-refractivity contribution is 0.637. The molecule has 16 rings (SSSR count). The second-order valence-electron chi connectivity index (χ2n) is 40.2. The van der Waals surface area contributed by atoms with Crippen molar-refractivity contribution in [3.05, 3.63) is 507 Å². The van der Waals surface area contributed by atoms with Crippen molar-refractivity contribution in [1.82, 2.24) is 0 Å². The van der Waals surface area contributed by atoms with Gasteiger partial charge >= 0.3 is 0 Å². The molecule has 0 unspecified atom stereocenters. The van der Waals surface area contributed by atoms with E-state index in [1.807, 2.05) is 0 Å². The van der Waals surface area contributed by atoms with E-state index in [9.17, 15) is 0 Å². The van der Waals surface area contributed by atoms with Crippen LogP contribution in [-0.4, -0.2) is 0 Å². The van der Waals surface area contributed by atoms with Gasteiger partial charge in [-0.3, -0.25) is 0 Å². The Morgan fingerprint density at radius 3 is 0.607 bits per heavy atom. The first kappa shape index (κ1) is 116. The third-order valence-electron chi connectivity index (χ3n) is 28.5. The van der Waals surface area contributed by atoms with Crippen molar-refractivity contribution in [3.63, 3.8) is 0 Å². The van der Waals surface area contributed by atoms with Gasteiger partial charge in [0.1, 0.15) is 0 Å². The van der Waals surface area contributed by atoms with E-state index >= 15 is 0 Å². The van der Waals surface area contributed by atoms with Gasteiger partial charge in [0.25, 0.3) is 0 Å². The van der Waals surface area contributed by atoms with Crippen LogP contribution in [0.1, 0.15) is 236 Å². The van der Waals surface area contributed by atoms with Gasteiger partial charge in [0, 0.05) is 34.4 Å². The summed E-state index contributed by atoms with van der Waals surface area (Å²) in [6.45, 7) is 82.4. The quantitative estimate of drug-likeness (QED) is 0.142. The van der Waals surface area contributed by atoms with Crippen molar-refractivity contribution < 1.29 is 0 Å². The average molecular weight is 2110 g/mol. The molecule has 0 heterocycles. The fourth-order valence-corrected chi connectivity index (χ4v) is 19.5. The van der Waals surface area contributed by atoms with Crippen LogP contribution in [0, 0.1) is 249 Å². The number of hydrogen-bond acceptors (Lipinski definition) is 0. The molecule has 0 fully saturated rings. The Balaban J connectivity index is 0.000000215. The highest BCUT2D eigenvalue weighted by Crippen LogP contribution is 2.50. The first-order chi connectivity index (χ1) is 65.7. The van der Waals surface area contributed by atoms with E-state index in [0.29, 0.717) is 0 Å². The summed E-state index contributed by atoms with van der Waals surface area (Å²) in [5.74, 6) is 0. The van der Waals surface area contributed by atoms with Gasteiger partial charge in [0.2, 0.25) is 0 Å². The maximum atomic E-state index is 3.82. The highest BCUT2D eigenvalue weighted by molar-refractivity contribution is 9.11. The minimum Gasteiger partial charge on any atom is -0.0617 e. The molecular formula is C136H160Br4. The third-order valence-corrected chi connectivity index (χ3v) is 32.5. The van der Waals surface area contributed by atoms with Gasteiger partial charge in [0.15, 0.2) is 0 Å². The van der Waals surface area contributed by atoms with Crippen LogP contribution in [0.5, 0.6) is 0 Å². The van der Waals surface area contributed by atoms with Crippen LogP contribution in [0.25, 0.3) is 44.5 Å². The second-order valence-corrected chi connectivity index (χ2v) is 43.4. The van der Waals surface area contributed by atoms with Crippen LogP contribution < -0.4 is 0 Å². The van der Waals surface area contributed by atoms with E-state index in [1.165, 1.54) is 267 Å². The molecule has 0 aliphatic heterocycles. The summed E-state index contributed by atoms with van der Waals surface area (Å²) in [7, 11) is 0. The van der Waals surface area contributed by atoms with E-state index in [1.54, 1.807) is 0 Å². The molecular weight excluding hydrogens is 1950 g/mol. The molecule has 0 spiro atoms. The monoisotopic (exact) mass is 2110 g/mol. The van der Waals surface area contributed by atoms with Crippen LogP contribution in [0.3, 0.4) is 0 Å². The topological polar surface area (TPSA) is 0 Å². The summed E-state index contributed by atoms with van der Waals surface area (Å²) in [4.78, 5) is 0. The van der Waals surface area contributed by atoms with Gasteiger partial charge in [-0.2, -0.15) is 0 Å². The molecule has 0 aliphatic carbocycles. The molecule has 0 aromatic heterocycles. The summed E-state index contributed by atoms with van der Waals surface area (Å²) in [6.07, 6.45) is 1.03. The highest BCUT2D eigenvalue weighted by atomic mass is 79.9.